The van der Waals surface area contributed by atoms with E-state index in [0.29, 0.717) is 35.3 Å². The van der Waals surface area contributed by atoms with Crippen LogP contribution in [0.5, 0.6) is 11.5 Å². The van der Waals surface area contributed by atoms with Crippen molar-refractivity contribution in [2.24, 2.45) is 0 Å². The van der Waals surface area contributed by atoms with E-state index in [1.165, 1.54) is 0 Å². The van der Waals surface area contributed by atoms with Gasteiger partial charge in [-0.15, -0.1) is 0 Å². The largest absolute Gasteiger partial charge is 0.475 e. The van der Waals surface area contributed by atoms with Crippen LogP contribution in [0.4, 0.5) is 0 Å². The highest BCUT2D eigenvalue weighted by Crippen LogP contribution is 2.29. The minimum absolute atomic E-state index is 0.0856. The topological polar surface area (TPSA) is 57.8 Å². The van der Waals surface area contributed by atoms with E-state index in [0.717, 1.165) is 22.0 Å². The molecule has 2 atom stereocenters. The molecule has 6 nitrogen and oxygen atoms in total. The fourth-order valence-corrected chi connectivity index (χ4v) is 5.53. The van der Waals surface area contributed by atoms with Crippen molar-refractivity contribution >= 4 is 21.7 Å². The first-order valence-electron chi connectivity index (χ1n) is 12.9. The molecule has 3 rings (SSSR count). The van der Waals surface area contributed by atoms with Gasteiger partial charge in [-0.2, -0.15) is 0 Å². The molecule has 0 saturated carbocycles. The number of rotatable bonds is 10. The molecular weight excluding hydrogens is 438 g/mol. The first-order valence-corrected chi connectivity index (χ1v) is 12.9. The maximum atomic E-state index is 13.0. The van der Waals surface area contributed by atoms with E-state index < -0.39 is 0 Å². The number of H-pyrrole nitrogens is 1. The molecule has 192 valence electrons. The van der Waals surface area contributed by atoms with Crippen molar-refractivity contribution in [1.29, 1.82) is 0 Å². The number of hydrogen-bond donors (Lipinski definition) is 1. The van der Waals surface area contributed by atoms with Crippen LogP contribution in [0.1, 0.15) is 69.2 Å². The highest BCUT2D eigenvalue weighted by Gasteiger charge is 2.23. The fraction of sp³-hybridized carbons (Fsp3) is 0.552. The molecule has 3 aromatic rings. The molecule has 6 heteroatoms. The molecule has 0 amide bonds. The fourth-order valence-electron chi connectivity index (χ4n) is 5.53. The molecule has 0 aliphatic carbocycles. The van der Waals surface area contributed by atoms with Gasteiger partial charge in [-0.25, -0.2) is 0 Å². The maximum Gasteiger partial charge on any atom is 0.256 e. The normalized spacial score (nSPS) is 14.3. The van der Waals surface area contributed by atoms with Crippen LogP contribution in [0.15, 0.2) is 41.2 Å². The van der Waals surface area contributed by atoms with Crippen LogP contribution in [0.2, 0.25) is 0 Å². The second kappa shape index (κ2) is 11.0. The molecule has 35 heavy (non-hydrogen) atoms. The summed E-state index contributed by atoms with van der Waals surface area (Å²) in [5, 5.41) is 2.50. The number of hydrogen-bond acceptors (Lipinski definition) is 5. The van der Waals surface area contributed by atoms with Crippen molar-refractivity contribution in [2.45, 2.75) is 106 Å². The van der Waals surface area contributed by atoms with Gasteiger partial charge in [-0.05, 0) is 105 Å². The van der Waals surface area contributed by atoms with Crippen LogP contribution in [0.3, 0.4) is 0 Å². The van der Waals surface area contributed by atoms with Crippen LogP contribution >= 0.6 is 0 Å². The number of pyridine rings is 1. The van der Waals surface area contributed by atoms with E-state index >= 15 is 0 Å². The second-order valence-electron chi connectivity index (χ2n) is 10.6. The number of aromatic amines is 1. The number of aromatic nitrogens is 1. The Hall–Kier alpha value is -2.57. The van der Waals surface area contributed by atoms with E-state index in [2.05, 4.69) is 84.0 Å². The Bertz CT molecular complexity index is 1180. The Balaban J connectivity index is 1.92. The average molecular weight is 482 g/mol. The molecule has 0 radical (unpaired) electrons. The predicted molar refractivity (Wildman–Crippen MR) is 146 cm³/mol. The average Bonchev–Trinajstić information content (AvgIpc) is 2.72. The standard InChI is InChI=1S/C29H43N3O3/c1-17(2)31(18(3)4)21(9)34-23-11-13-25-26-14-12-24(16-28(26)30-29(33)27(25)15-23)35-22(10)32(19(5)6)20(7)8/h11-22H,1-10H3,(H,30,33). The van der Waals surface area contributed by atoms with E-state index in [1.807, 2.05) is 36.4 Å². The Labute approximate surface area is 210 Å². The number of nitrogens with zero attached hydrogens (tertiary/aromatic N) is 2. The van der Waals surface area contributed by atoms with E-state index in [1.54, 1.807) is 0 Å². The molecule has 0 aliphatic heterocycles. The van der Waals surface area contributed by atoms with Gasteiger partial charge in [0.15, 0.2) is 0 Å². The van der Waals surface area contributed by atoms with Crippen molar-refractivity contribution < 1.29 is 9.47 Å². The number of fused-ring (bicyclic) bond motifs is 3. The molecule has 0 aliphatic rings. The van der Waals surface area contributed by atoms with Crippen LogP contribution in [0, 0.1) is 0 Å². The summed E-state index contributed by atoms with van der Waals surface area (Å²) in [6.45, 7) is 21.5. The zero-order chi connectivity index (χ0) is 26.0. The summed E-state index contributed by atoms with van der Waals surface area (Å²) in [7, 11) is 0. The minimum atomic E-state index is -0.133. The predicted octanol–water partition coefficient (Wildman–Crippen LogP) is 6.37. The van der Waals surface area contributed by atoms with Gasteiger partial charge < -0.3 is 14.5 Å². The molecule has 0 bridgehead atoms. The first-order chi connectivity index (χ1) is 16.4. The lowest BCUT2D eigenvalue weighted by molar-refractivity contribution is -0.00587. The zero-order valence-electron chi connectivity index (χ0n) is 23.0. The van der Waals surface area contributed by atoms with Crippen LogP contribution < -0.4 is 15.0 Å². The van der Waals surface area contributed by atoms with E-state index in [9.17, 15) is 4.79 Å². The van der Waals surface area contributed by atoms with Crippen molar-refractivity contribution in [3.63, 3.8) is 0 Å². The summed E-state index contributed by atoms with van der Waals surface area (Å²) in [5.41, 5.74) is 0.632. The monoisotopic (exact) mass is 481 g/mol. The number of nitrogens with one attached hydrogen (secondary N) is 1. The Morgan fingerprint density at radius 1 is 0.600 bits per heavy atom. The van der Waals surface area contributed by atoms with Crippen molar-refractivity contribution in [2.75, 3.05) is 0 Å². The van der Waals surface area contributed by atoms with Gasteiger partial charge in [0.2, 0.25) is 0 Å². The zero-order valence-corrected chi connectivity index (χ0v) is 23.0. The van der Waals surface area contributed by atoms with Gasteiger partial charge in [-0.3, -0.25) is 14.6 Å². The summed E-state index contributed by atoms with van der Waals surface area (Å²) in [5.74, 6) is 1.43. The van der Waals surface area contributed by atoms with E-state index in [-0.39, 0.29) is 18.0 Å². The second-order valence-corrected chi connectivity index (χ2v) is 10.6. The SMILES string of the molecule is CC(C)N(C(C)C)C(C)Oc1ccc2c(c1)[nH]c(=O)c1cc(OC(C)N(C(C)C)C(C)C)ccc12. The molecule has 1 aromatic heterocycles. The van der Waals surface area contributed by atoms with Crippen molar-refractivity contribution in [3.05, 3.63) is 46.8 Å². The third kappa shape index (κ3) is 5.99. The van der Waals surface area contributed by atoms with E-state index in [4.69, 9.17) is 9.47 Å². The molecule has 2 unspecified atom stereocenters. The van der Waals surface area contributed by atoms with Crippen molar-refractivity contribution in [3.8, 4) is 11.5 Å². The van der Waals surface area contributed by atoms with Gasteiger partial charge in [0.25, 0.3) is 5.56 Å². The van der Waals surface area contributed by atoms with Crippen LogP contribution in [0.25, 0.3) is 21.7 Å². The Morgan fingerprint density at radius 2 is 1.03 bits per heavy atom. The third-order valence-corrected chi connectivity index (χ3v) is 6.60. The molecule has 2 aromatic carbocycles. The molecule has 0 saturated heterocycles. The quantitative estimate of drug-likeness (QED) is 0.269. The summed E-state index contributed by atoms with van der Waals surface area (Å²) in [6, 6.07) is 13.1. The third-order valence-electron chi connectivity index (χ3n) is 6.60. The van der Waals surface area contributed by atoms with Crippen LogP contribution in [-0.2, 0) is 0 Å². The van der Waals surface area contributed by atoms with Gasteiger partial charge in [-0.1, -0.05) is 0 Å². The van der Waals surface area contributed by atoms with Crippen molar-refractivity contribution in [1.82, 2.24) is 14.8 Å². The smallest absolute Gasteiger partial charge is 0.256 e. The molecule has 1 heterocycles. The number of ether oxygens (including phenoxy) is 2. The van der Waals surface area contributed by atoms with Gasteiger partial charge >= 0.3 is 0 Å². The van der Waals surface area contributed by atoms with Gasteiger partial charge in [0.05, 0.1) is 10.9 Å². The maximum absolute atomic E-state index is 13.0. The molecule has 1 N–H and O–H groups in total. The lowest BCUT2D eigenvalue weighted by Crippen LogP contribution is -2.46. The summed E-state index contributed by atoms with van der Waals surface area (Å²) < 4.78 is 12.5. The Morgan fingerprint density at radius 3 is 1.49 bits per heavy atom. The summed E-state index contributed by atoms with van der Waals surface area (Å²) in [6.07, 6.45) is -0.192. The van der Waals surface area contributed by atoms with Gasteiger partial charge in [0.1, 0.15) is 24.0 Å². The minimum Gasteiger partial charge on any atom is -0.475 e. The highest BCUT2D eigenvalue weighted by atomic mass is 16.5. The highest BCUT2D eigenvalue weighted by molar-refractivity contribution is 6.05. The Kier molecular flexibility index (Phi) is 8.50. The summed E-state index contributed by atoms with van der Waals surface area (Å²) in [4.78, 5) is 20.7. The molecular formula is C29H43N3O3. The first kappa shape index (κ1) is 27.0. The van der Waals surface area contributed by atoms with Crippen LogP contribution in [-0.4, -0.2) is 51.4 Å². The number of benzene rings is 2. The summed E-state index contributed by atoms with van der Waals surface area (Å²) >= 11 is 0. The lowest BCUT2D eigenvalue weighted by atomic mass is 10.1. The molecule has 0 spiro atoms. The molecule has 0 fully saturated rings. The van der Waals surface area contributed by atoms with Gasteiger partial charge in [0, 0.05) is 35.6 Å². The lowest BCUT2D eigenvalue weighted by Gasteiger charge is -2.36.